The first kappa shape index (κ1) is 18.9. The molecule has 0 radical (unpaired) electrons. The van der Waals surface area contributed by atoms with Gasteiger partial charge in [-0.1, -0.05) is 23.7 Å². The first-order chi connectivity index (χ1) is 13.3. The summed E-state index contributed by atoms with van der Waals surface area (Å²) in [5, 5.41) is 11.7. The van der Waals surface area contributed by atoms with Gasteiger partial charge in [-0.15, -0.1) is 11.3 Å². The number of aromatic nitrogens is 3. The number of hydrogen-bond acceptors (Lipinski definition) is 4. The van der Waals surface area contributed by atoms with Crippen LogP contribution in [-0.2, 0) is 6.18 Å². The molecule has 0 saturated carbocycles. The van der Waals surface area contributed by atoms with Crippen LogP contribution in [0.5, 0.6) is 0 Å². The summed E-state index contributed by atoms with van der Waals surface area (Å²) in [5.41, 5.74) is 1.07. The number of nitrogens with zero attached hydrogens (tertiary/aromatic N) is 3. The van der Waals surface area contributed by atoms with E-state index in [1.807, 2.05) is 0 Å². The molecule has 2 heterocycles. The van der Waals surface area contributed by atoms with E-state index >= 15 is 0 Å². The Bertz CT molecular complexity index is 1140. The van der Waals surface area contributed by atoms with Gasteiger partial charge in [-0.2, -0.15) is 13.2 Å². The molecule has 0 fully saturated rings. The first-order valence-electron chi connectivity index (χ1n) is 8.23. The summed E-state index contributed by atoms with van der Waals surface area (Å²) in [6.45, 7) is 1.65. The number of fused-ring (bicyclic) bond motifs is 1. The minimum atomic E-state index is -4.57. The Morgan fingerprint density at radius 1 is 1.18 bits per heavy atom. The molecule has 0 bridgehead atoms. The maximum absolute atomic E-state index is 13.2. The van der Waals surface area contributed by atoms with Crippen molar-refractivity contribution in [2.75, 3.05) is 0 Å². The zero-order valence-electron chi connectivity index (χ0n) is 14.4. The summed E-state index contributed by atoms with van der Waals surface area (Å²) in [7, 11) is 0. The summed E-state index contributed by atoms with van der Waals surface area (Å²) in [6.07, 6.45) is -3.60. The minimum Gasteiger partial charge on any atom is -0.389 e. The van der Waals surface area contributed by atoms with Gasteiger partial charge in [0, 0.05) is 17.3 Å². The number of benzene rings is 2. The van der Waals surface area contributed by atoms with Gasteiger partial charge in [0.2, 0.25) is 0 Å². The highest BCUT2D eigenvalue weighted by Crippen LogP contribution is 2.39. The number of halogens is 4. The van der Waals surface area contributed by atoms with Crippen molar-refractivity contribution >= 4 is 34.0 Å². The molecular weight excluding hydrogens is 411 g/mol. The molecule has 28 heavy (non-hydrogen) atoms. The van der Waals surface area contributed by atoms with Crippen molar-refractivity contribution in [1.29, 1.82) is 0 Å². The Balaban J connectivity index is 1.99. The van der Waals surface area contributed by atoms with E-state index < -0.39 is 22.9 Å². The molecule has 2 aromatic heterocycles. The minimum absolute atomic E-state index is 0.168. The van der Waals surface area contributed by atoms with Gasteiger partial charge in [0.15, 0.2) is 10.8 Å². The van der Waals surface area contributed by atoms with Crippen LogP contribution in [-0.4, -0.2) is 19.6 Å². The highest BCUT2D eigenvalue weighted by atomic mass is 35.5. The molecule has 1 atom stereocenters. The molecular formula is C19H13ClF3N3OS. The predicted molar refractivity (Wildman–Crippen MR) is 103 cm³/mol. The largest absolute Gasteiger partial charge is 0.417 e. The lowest BCUT2D eigenvalue weighted by Crippen LogP contribution is -2.06. The van der Waals surface area contributed by atoms with E-state index in [0.29, 0.717) is 22.0 Å². The van der Waals surface area contributed by atoms with Crippen LogP contribution in [0, 0.1) is 0 Å². The Kier molecular flexibility index (Phi) is 4.65. The Labute approximate surface area is 166 Å². The quantitative estimate of drug-likeness (QED) is 0.448. The second kappa shape index (κ2) is 6.88. The second-order valence-corrected chi connectivity index (χ2v) is 7.50. The summed E-state index contributed by atoms with van der Waals surface area (Å²) in [4.78, 5) is 8.65. The summed E-state index contributed by atoms with van der Waals surface area (Å²) >= 11 is 7.27. The summed E-state index contributed by atoms with van der Waals surface area (Å²) < 4.78 is 41.5. The normalized spacial score (nSPS) is 13.2. The van der Waals surface area contributed by atoms with Crippen LogP contribution in [0.3, 0.4) is 0 Å². The fourth-order valence-corrected chi connectivity index (χ4v) is 3.84. The fraction of sp³-hybridized carbons (Fsp3) is 0.158. The van der Waals surface area contributed by atoms with Gasteiger partial charge in [0.25, 0.3) is 0 Å². The number of aliphatic hydroxyl groups is 1. The van der Waals surface area contributed by atoms with Crippen molar-refractivity contribution in [3.8, 4) is 16.5 Å². The topological polar surface area (TPSA) is 50.9 Å². The molecule has 0 aliphatic carbocycles. The predicted octanol–water partition coefficient (Wildman–Crippen LogP) is 5.87. The van der Waals surface area contributed by atoms with E-state index in [9.17, 15) is 18.3 Å². The van der Waals surface area contributed by atoms with Crippen molar-refractivity contribution in [2.24, 2.45) is 0 Å². The Hall–Kier alpha value is -2.42. The van der Waals surface area contributed by atoms with E-state index in [0.717, 1.165) is 11.6 Å². The summed E-state index contributed by atoms with van der Waals surface area (Å²) in [6, 6.07) is 9.27. The molecule has 4 nitrogen and oxygen atoms in total. The molecule has 0 spiro atoms. The van der Waals surface area contributed by atoms with Crippen LogP contribution in [0.2, 0.25) is 5.02 Å². The highest BCUT2D eigenvalue weighted by Gasteiger charge is 2.34. The number of imidazole rings is 1. The lowest BCUT2D eigenvalue weighted by Gasteiger charge is -2.12. The van der Waals surface area contributed by atoms with Gasteiger partial charge in [0.05, 0.1) is 27.7 Å². The van der Waals surface area contributed by atoms with Crippen LogP contribution >= 0.6 is 22.9 Å². The zero-order chi connectivity index (χ0) is 20.1. The van der Waals surface area contributed by atoms with Crippen molar-refractivity contribution in [1.82, 2.24) is 14.5 Å². The van der Waals surface area contributed by atoms with Crippen LogP contribution in [0.25, 0.3) is 27.6 Å². The smallest absolute Gasteiger partial charge is 0.389 e. The number of thiazole rings is 1. The van der Waals surface area contributed by atoms with Gasteiger partial charge in [-0.3, -0.25) is 4.57 Å². The molecule has 4 rings (SSSR count). The van der Waals surface area contributed by atoms with Crippen LogP contribution in [0.1, 0.15) is 24.2 Å². The van der Waals surface area contributed by atoms with Crippen LogP contribution in [0.15, 0.2) is 48.0 Å². The standard InChI is InChI=1S/C19H13ClF3N3OS/c1-10(27)11-2-4-12(5-3-11)26-16-9-14(20)13(19(21,22)23)8-15(16)25-17(26)18-24-6-7-28-18/h2-10,27H,1H3. The van der Waals surface area contributed by atoms with Crippen molar-refractivity contribution < 1.29 is 18.3 Å². The number of hydrogen-bond donors (Lipinski definition) is 1. The first-order valence-corrected chi connectivity index (χ1v) is 9.49. The molecule has 0 amide bonds. The number of alkyl halides is 3. The molecule has 144 valence electrons. The van der Waals surface area contributed by atoms with E-state index in [1.54, 1.807) is 47.3 Å². The molecule has 0 aliphatic heterocycles. The van der Waals surface area contributed by atoms with Gasteiger partial charge < -0.3 is 5.11 Å². The molecule has 0 aliphatic rings. The number of aliphatic hydroxyl groups excluding tert-OH is 1. The molecule has 2 aromatic carbocycles. The average molecular weight is 424 g/mol. The Morgan fingerprint density at radius 3 is 2.46 bits per heavy atom. The zero-order valence-corrected chi connectivity index (χ0v) is 16.0. The molecule has 4 aromatic rings. The third-order valence-corrected chi connectivity index (χ3v) is 5.39. The van der Waals surface area contributed by atoms with Crippen molar-refractivity contribution in [2.45, 2.75) is 19.2 Å². The Morgan fingerprint density at radius 2 is 1.89 bits per heavy atom. The van der Waals surface area contributed by atoms with Gasteiger partial charge >= 0.3 is 6.18 Å². The van der Waals surface area contributed by atoms with Gasteiger partial charge in [0.1, 0.15) is 0 Å². The van der Waals surface area contributed by atoms with E-state index in [-0.39, 0.29) is 5.52 Å². The van der Waals surface area contributed by atoms with Gasteiger partial charge in [-0.25, -0.2) is 9.97 Å². The average Bonchev–Trinajstić information content (AvgIpc) is 3.27. The summed E-state index contributed by atoms with van der Waals surface area (Å²) in [5.74, 6) is 0.421. The highest BCUT2D eigenvalue weighted by molar-refractivity contribution is 7.13. The van der Waals surface area contributed by atoms with E-state index in [2.05, 4.69) is 9.97 Å². The molecule has 0 saturated heterocycles. The second-order valence-electron chi connectivity index (χ2n) is 6.19. The molecule has 1 unspecified atom stereocenters. The van der Waals surface area contributed by atoms with E-state index in [4.69, 9.17) is 11.6 Å². The van der Waals surface area contributed by atoms with Crippen LogP contribution < -0.4 is 0 Å². The van der Waals surface area contributed by atoms with Crippen LogP contribution in [0.4, 0.5) is 13.2 Å². The van der Waals surface area contributed by atoms with E-state index in [1.165, 1.54) is 17.4 Å². The lowest BCUT2D eigenvalue weighted by atomic mass is 10.1. The third kappa shape index (κ3) is 3.28. The maximum atomic E-state index is 13.2. The van der Waals surface area contributed by atoms with Crippen molar-refractivity contribution in [3.63, 3.8) is 0 Å². The molecule has 9 heteroatoms. The number of rotatable bonds is 3. The monoisotopic (exact) mass is 423 g/mol. The fourth-order valence-electron chi connectivity index (χ4n) is 2.96. The maximum Gasteiger partial charge on any atom is 0.417 e. The SMILES string of the molecule is CC(O)c1ccc(-n2c(-c3nccs3)nc3cc(C(F)(F)F)c(Cl)cc32)cc1. The third-order valence-electron chi connectivity index (χ3n) is 4.31. The lowest BCUT2D eigenvalue weighted by molar-refractivity contribution is -0.137. The van der Waals surface area contributed by atoms with Crippen molar-refractivity contribution in [3.05, 3.63) is 64.1 Å². The molecule has 1 N–H and O–H groups in total. The van der Waals surface area contributed by atoms with Gasteiger partial charge in [-0.05, 0) is 36.8 Å².